The average Bonchev–Trinajstić information content (AvgIpc) is 3.38. The number of guanidine groups is 1. The summed E-state index contributed by atoms with van der Waals surface area (Å²) >= 11 is 0. The van der Waals surface area contributed by atoms with Gasteiger partial charge >= 0.3 is 5.97 Å². The van der Waals surface area contributed by atoms with Crippen molar-refractivity contribution in [1.29, 1.82) is 0 Å². The molecule has 2 heterocycles. The first-order chi connectivity index (χ1) is 22.5. The Labute approximate surface area is 270 Å². The van der Waals surface area contributed by atoms with Gasteiger partial charge in [-0.1, -0.05) is 24.6 Å². The molecule has 3 rings (SSSR count). The number of carboxylic acid groups (broad SMARTS) is 1. The molecular formula is C30H41N9O8. The third kappa shape index (κ3) is 11.4. The number of carbonyl (C=O) groups excluding carboxylic acids is 6. The number of aliphatic carboxylic acids is 1. The zero-order valence-electron chi connectivity index (χ0n) is 25.8. The van der Waals surface area contributed by atoms with Crippen molar-refractivity contribution in [3.05, 3.63) is 36.0 Å². The quantitative estimate of drug-likeness (QED) is 0.0638. The molecule has 17 heteroatoms. The van der Waals surface area contributed by atoms with E-state index in [0.717, 1.165) is 0 Å². The minimum atomic E-state index is -1.38. The summed E-state index contributed by atoms with van der Waals surface area (Å²) in [4.78, 5) is 92.1. The van der Waals surface area contributed by atoms with Crippen molar-refractivity contribution in [1.82, 2.24) is 31.2 Å². The average molecular weight is 656 g/mol. The van der Waals surface area contributed by atoms with E-state index in [1.165, 1.54) is 4.57 Å². The van der Waals surface area contributed by atoms with E-state index in [-0.39, 0.29) is 44.7 Å². The molecule has 2 aromatic rings. The van der Waals surface area contributed by atoms with Crippen molar-refractivity contribution < 1.29 is 38.7 Å². The molecule has 1 aromatic heterocycles. The molecule has 254 valence electrons. The van der Waals surface area contributed by atoms with Gasteiger partial charge in [0.1, 0.15) is 18.1 Å². The fraction of sp³-hybridized carbons (Fsp3) is 0.467. The molecule has 0 unspecified atom stereocenters. The third-order valence-corrected chi connectivity index (χ3v) is 7.42. The van der Waals surface area contributed by atoms with E-state index in [1.807, 2.05) is 0 Å². The second-order valence-electron chi connectivity index (χ2n) is 11.1. The zero-order chi connectivity index (χ0) is 34.3. The number of aliphatic imine (C=N–C) groups is 1. The molecule has 1 aromatic carbocycles. The predicted molar refractivity (Wildman–Crippen MR) is 170 cm³/mol. The number of carboxylic acids is 1. The van der Waals surface area contributed by atoms with Gasteiger partial charge < -0.3 is 43.2 Å². The fourth-order valence-electron chi connectivity index (χ4n) is 5.11. The monoisotopic (exact) mass is 655 g/mol. The fourth-order valence-corrected chi connectivity index (χ4v) is 5.11. The number of nitrogens with two attached hydrogens (primary N) is 2. The van der Waals surface area contributed by atoms with E-state index in [1.54, 1.807) is 30.5 Å². The largest absolute Gasteiger partial charge is 0.481 e. The molecule has 1 aliphatic heterocycles. The Kier molecular flexibility index (Phi) is 13.7. The summed E-state index contributed by atoms with van der Waals surface area (Å²) in [6, 6.07) is 3.37. The molecule has 5 amide bonds. The molecule has 17 nitrogen and oxygen atoms in total. The van der Waals surface area contributed by atoms with E-state index >= 15 is 0 Å². The number of carbonyl (C=O) groups is 7. The van der Waals surface area contributed by atoms with Crippen LogP contribution < -0.4 is 38.1 Å². The Balaban J connectivity index is 1.88. The van der Waals surface area contributed by atoms with Crippen LogP contribution in [0.2, 0.25) is 0 Å². The molecule has 3 atom stereocenters. The van der Waals surface area contributed by atoms with Crippen LogP contribution in [0.15, 0.2) is 35.5 Å². The van der Waals surface area contributed by atoms with Gasteiger partial charge in [0.25, 0.3) is 0 Å². The van der Waals surface area contributed by atoms with Crippen LogP contribution in [0, 0.1) is 0 Å². The van der Waals surface area contributed by atoms with E-state index < -0.39 is 66.6 Å². The Hall–Kier alpha value is -5.48. The number of aromatic nitrogens is 1. The van der Waals surface area contributed by atoms with Gasteiger partial charge in [-0.3, -0.25) is 43.1 Å². The van der Waals surface area contributed by atoms with Gasteiger partial charge in [0.05, 0.1) is 18.5 Å². The summed E-state index contributed by atoms with van der Waals surface area (Å²) in [7, 11) is 0. The van der Waals surface area contributed by atoms with Crippen molar-refractivity contribution in [2.45, 2.75) is 69.5 Å². The topological polar surface area (TPSA) is 269 Å². The van der Waals surface area contributed by atoms with Crippen LogP contribution in [0.1, 0.15) is 50.5 Å². The number of nitrogens with one attached hydrogen (secondary N) is 5. The van der Waals surface area contributed by atoms with Crippen LogP contribution in [0.3, 0.4) is 0 Å². The van der Waals surface area contributed by atoms with Gasteiger partial charge in [-0.25, -0.2) is 0 Å². The Bertz CT molecular complexity index is 1500. The minimum Gasteiger partial charge on any atom is -0.481 e. The zero-order valence-corrected chi connectivity index (χ0v) is 25.8. The molecule has 1 fully saturated rings. The van der Waals surface area contributed by atoms with Crippen LogP contribution in [-0.4, -0.2) is 95.3 Å². The first kappa shape index (κ1) is 36.0. The number of rotatable bonds is 9. The highest BCUT2D eigenvalue weighted by Crippen LogP contribution is 2.22. The van der Waals surface area contributed by atoms with Crippen LogP contribution in [0.5, 0.6) is 0 Å². The molecular weight excluding hydrogens is 614 g/mol. The van der Waals surface area contributed by atoms with E-state index in [2.05, 4.69) is 31.6 Å². The second kappa shape index (κ2) is 17.9. The van der Waals surface area contributed by atoms with Gasteiger partial charge in [0.2, 0.25) is 35.9 Å². The lowest BCUT2D eigenvalue weighted by atomic mass is 10.0. The molecule has 10 N–H and O–H groups in total. The number of nitrogens with zero attached hydrogens (tertiary/aromatic N) is 2. The lowest BCUT2D eigenvalue weighted by molar-refractivity contribution is -0.140. The van der Waals surface area contributed by atoms with Gasteiger partial charge in [-0.2, -0.15) is 0 Å². The van der Waals surface area contributed by atoms with Crippen molar-refractivity contribution >= 4 is 58.8 Å². The van der Waals surface area contributed by atoms with Crippen LogP contribution in [-0.2, 0) is 40.0 Å². The molecule has 0 radical (unpaired) electrons. The molecule has 1 aliphatic rings. The highest BCUT2D eigenvalue weighted by Gasteiger charge is 2.29. The van der Waals surface area contributed by atoms with Crippen molar-refractivity contribution in [3.8, 4) is 0 Å². The van der Waals surface area contributed by atoms with Crippen LogP contribution in [0.4, 0.5) is 0 Å². The highest BCUT2D eigenvalue weighted by atomic mass is 16.4. The standard InChI is InChI=1S/C30H41N9O8/c31-30(32)34-12-6-8-20-27(45)35-15-25(42)37-22(14-26(43)44)28(46)33-11-5-1-2-10-24(41)36-21(29(47)38-20)13-18-16-39(17-40)23-9-4-3-7-19(18)23/h3-4,7,9,16-17,20-22H,1-2,5-6,8,10-15H2,(H,33,46)(H,35,45)(H,36,41)(H,37,42)(H,38,47)(H,43,44)(H4,31,32,34)/t20-,21-,22-/m0/s1. The Morgan fingerprint density at radius 3 is 2.36 bits per heavy atom. The van der Waals surface area contributed by atoms with Crippen molar-refractivity contribution in [2.24, 2.45) is 16.5 Å². The summed E-state index contributed by atoms with van der Waals surface area (Å²) in [6.45, 7) is -0.301. The maximum absolute atomic E-state index is 13.7. The number of amides is 5. The number of hydrogen-bond donors (Lipinski definition) is 8. The first-order valence-electron chi connectivity index (χ1n) is 15.2. The Morgan fingerprint density at radius 2 is 1.64 bits per heavy atom. The predicted octanol–water partition coefficient (Wildman–Crippen LogP) is -1.99. The number of hydrogen-bond acceptors (Lipinski definition) is 8. The minimum absolute atomic E-state index is 0.000664. The summed E-state index contributed by atoms with van der Waals surface area (Å²) in [5.41, 5.74) is 12.0. The lowest BCUT2D eigenvalue weighted by Gasteiger charge is -2.23. The van der Waals surface area contributed by atoms with Gasteiger partial charge in [0.15, 0.2) is 5.96 Å². The van der Waals surface area contributed by atoms with E-state index in [9.17, 15) is 38.7 Å². The molecule has 0 bridgehead atoms. The first-order valence-corrected chi connectivity index (χ1v) is 15.2. The van der Waals surface area contributed by atoms with Crippen LogP contribution >= 0.6 is 0 Å². The maximum Gasteiger partial charge on any atom is 0.305 e. The number of benzene rings is 1. The molecule has 0 saturated carbocycles. The molecule has 1 saturated heterocycles. The van der Waals surface area contributed by atoms with Gasteiger partial charge in [-0.05, 0) is 37.3 Å². The Morgan fingerprint density at radius 1 is 0.915 bits per heavy atom. The van der Waals surface area contributed by atoms with E-state index in [0.29, 0.717) is 42.1 Å². The molecule has 0 aliphatic carbocycles. The molecule has 0 spiro atoms. The SMILES string of the molecule is NC(N)=NCCC[C@@H]1NC(=O)[C@H](Cc2cn(C=O)c3ccccc23)NC(=O)CCCCCNC(=O)[C@H](CC(=O)O)NC(=O)CNC1=O. The highest BCUT2D eigenvalue weighted by molar-refractivity contribution is 5.96. The maximum atomic E-state index is 13.7. The van der Waals surface area contributed by atoms with Crippen molar-refractivity contribution in [2.75, 3.05) is 19.6 Å². The number of para-hydroxylation sites is 1. The summed E-state index contributed by atoms with van der Waals surface area (Å²) in [5.74, 6) is -4.84. The summed E-state index contributed by atoms with van der Waals surface area (Å²) < 4.78 is 1.37. The third-order valence-electron chi connectivity index (χ3n) is 7.42. The molecule has 47 heavy (non-hydrogen) atoms. The summed E-state index contributed by atoms with van der Waals surface area (Å²) in [5, 5.41) is 22.6. The van der Waals surface area contributed by atoms with Gasteiger partial charge in [0, 0.05) is 37.5 Å². The second-order valence-corrected chi connectivity index (χ2v) is 11.1. The number of fused-ring (bicyclic) bond motifs is 1. The van der Waals surface area contributed by atoms with Crippen molar-refractivity contribution in [3.63, 3.8) is 0 Å². The summed E-state index contributed by atoms with van der Waals surface area (Å²) in [6.07, 6.45) is 3.33. The smallest absolute Gasteiger partial charge is 0.305 e. The lowest BCUT2D eigenvalue weighted by Crippen LogP contribution is -2.55. The van der Waals surface area contributed by atoms with E-state index in [4.69, 9.17) is 11.5 Å². The van der Waals surface area contributed by atoms with Crippen LogP contribution in [0.25, 0.3) is 10.9 Å². The van der Waals surface area contributed by atoms with Gasteiger partial charge in [-0.15, -0.1) is 0 Å². The normalized spacial score (nSPS) is 20.7.